The van der Waals surface area contributed by atoms with Gasteiger partial charge in [0.15, 0.2) is 0 Å². The zero-order chi connectivity index (χ0) is 13.9. The molecule has 3 nitrogen and oxygen atoms in total. The fourth-order valence-corrected chi connectivity index (χ4v) is 3.77. The number of hydrogen-bond acceptors (Lipinski definition) is 3. The highest BCUT2D eigenvalue weighted by atomic mass is 32.1. The Hall–Kier alpha value is -1.65. The van der Waals surface area contributed by atoms with Crippen molar-refractivity contribution in [2.45, 2.75) is 26.4 Å². The van der Waals surface area contributed by atoms with E-state index in [1.807, 2.05) is 30.1 Å². The summed E-state index contributed by atoms with van der Waals surface area (Å²) in [6.45, 7) is 6.37. The lowest BCUT2D eigenvalue weighted by molar-refractivity contribution is 0.535. The van der Waals surface area contributed by atoms with E-state index in [0.29, 0.717) is 6.04 Å². The van der Waals surface area contributed by atoms with Gasteiger partial charge in [0.1, 0.15) is 0 Å². The van der Waals surface area contributed by atoms with Crippen LogP contribution in [0.5, 0.6) is 0 Å². The Balaban J connectivity index is 1.69. The minimum Gasteiger partial charge on any atom is -0.336 e. The van der Waals surface area contributed by atoms with E-state index in [4.69, 9.17) is 0 Å². The second-order valence-corrected chi connectivity index (χ2v) is 6.15. The average molecular weight is 285 g/mol. The van der Waals surface area contributed by atoms with Crippen LogP contribution < -0.4 is 5.32 Å². The molecule has 0 radical (unpaired) electrons. The first-order valence-electron chi connectivity index (χ1n) is 6.93. The molecule has 0 aliphatic carbocycles. The lowest BCUT2D eigenvalue weighted by Gasteiger charge is -2.13. The summed E-state index contributed by atoms with van der Waals surface area (Å²) in [4.78, 5) is 5.50. The zero-order valence-electron chi connectivity index (χ0n) is 11.8. The summed E-state index contributed by atoms with van der Waals surface area (Å²) >= 11 is 1.90. The summed E-state index contributed by atoms with van der Waals surface area (Å²) in [7, 11) is 0. The molecular formula is C16H19N3S. The standard InChI is InChI=1S/C16H19N3S/c1-12-14-5-3-4-6-15(14)20-16(12)13(2)18-8-10-19-9-7-17-11-19/h3-7,9,11,13,18H,8,10H2,1-2H3. The molecule has 3 rings (SSSR count). The third kappa shape index (κ3) is 2.62. The predicted molar refractivity (Wildman–Crippen MR) is 85.2 cm³/mol. The van der Waals surface area contributed by atoms with Crippen molar-refractivity contribution < 1.29 is 0 Å². The molecule has 0 saturated carbocycles. The van der Waals surface area contributed by atoms with Gasteiger partial charge in [-0.05, 0) is 30.9 Å². The molecule has 1 atom stereocenters. The zero-order valence-corrected chi connectivity index (χ0v) is 12.7. The van der Waals surface area contributed by atoms with Crippen molar-refractivity contribution in [2.75, 3.05) is 6.54 Å². The number of nitrogens with zero attached hydrogens (tertiary/aromatic N) is 2. The van der Waals surface area contributed by atoms with Gasteiger partial charge in [-0.25, -0.2) is 4.98 Å². The minimum atomic E-state index is 0.385. The Morgan fingerprint density at radius 2 is 2.20 bits per heavy atom. The van der Waals surface area contributed by atoms with E-state index in [1.54, 1.807) is 0 Å². The highest BCUT2D eigenvalue weighted by Crippen LogP contribution is 2.34. The van der Waals surface area contributed by atoms with E-state index in [-0.39, 0.29) is 0 Å². The van der Waals surface area contributed by atoms with Crippen LogP contribution in [0.4, 0.5) is 0 Å². The van der Waals surface area contributed by atoms with E-state index < -0.39 is 0 Å². The first-order chi connectivity index (χ1) is 9.75. The molecule has 1 aromatic carbocycles. The van der Waals surface area contributed by atoms with Gasteiger partial charge in [-0.3, -0.25) is 0 Å². The second kappa shape index (κ2) is 5.77. The van der Waals surface area contributed by atoms with E-state index in [1.165, 1.54) is 20.5 Å². The Labute approximate surface area is 123 Å². The molecule has 0 aliphatic heterocycles. The smallest absolute Gasteiger partial charge is 0.0946 e. The van der Waals surface area contributed by atoms with E-state index >= 15 is 0 Å². The van der Waals surface area contributed by atoms with Crippen molar-refractivity contribution in [3.63, 3.8) is 0 Å². The van der Waals surface area contributed by atoms with Gasteiger partial charge in [0, 0.05) is 41.1 Å². The van der Waals surface area contributed by atoms with Gasteiger partial charge in [0.2, 0.25) is 0 Å². The molecular weight excluding hydrogens is 266 g/mol. The van der Waals surface area contributed by atoms with E-state index in [9.17, 15) is 0 Å². The van der Waals surface area contributed by atoms with Gasteiger partial charge >= 0.3 is 0 Å². The summed E-state index contributed by atoms with van der Waals surface area (Å²) in [5, 5.41) is 4.99. The van der Waals surface area contributed by atoms with Crippen molar-refractivity contribution >= 4 is 21.4 Å². The van der Waals surface area contributed by atoms with Crippen LogP contribution >= 0.6 is 11.3 Å². The van der Waals surface area contributed by atoms with Crippen molar-refractivity contribution in [2.24, 2.45) is 0 Å². The lowest BCUT2D eigenvalue weighted by Crippen LogP contribution is -2.22. The Kier molecular flexibility index (Phi) is 3.85. The van der Waals surface area contributed by atoms with Crippen LogP contribution in [0.1, 0.15) is 23.4 Å². The monoisotopic (exact) mass is 285 g/mol. The SMILES string of the molecule is Cc1c(C(C)NCCn2ccnc2)sc2ccccc12. The van der Waals surface area contributed by atoms with Gasteiger partial charge in [-0.1, -0.05) is 18.2 Å². The summed E-state index contributed by atoms with van der Waals surface area (Å²) in [6.07, 6.45) is 5.67. The molecule has 2 aromatic heterocycles. The highest BCUT2D eigenvalue weighted by Gasteiger charge is 2.13. The number of aryl methyl sites for hydroxylation is 1. The van der Waals surface area contributed by atoms with Crippen LogP contribution in [-0.4, -0.2) is 16.1 Å². The molecule has 0 aliphatic rings. The third-order valence-electron chi connectivity index (χ3n) is 3.65. The van der Waals surface area contributed by atoms with Gasteiger partial charge in [0.05, 0.1) is 6.33 Å². The maximum Gasteiger partial charge on any atom is 0.0946 e. The molecule has 3 aromatic rings. The maximum absolute atomic E-state index is 4.06. The van der Waals surface area contributed by atoms with Crippen LogP contribution in [0.15, 0.2) is 43.0 Å². The molecule has 0 bridgehead atoms. The van der Waals surface area contributed by atoms with Crippen molar-refractivity contribution in [3.05, 3.63) is 53.4 Å². The molecule has 1 N–H and O–H groups in total. The van der Waals surface area contributed by atoms with Gasteiger partial charge in [-0.15, -0.1) is 11.3 Å². The van der Waals surface area contributed by atoms with Crippen LogP contribution in [0.25, 0.3) is 10.1 Å². The van der Waals surface area contributed by atoms with Gasteiger partial charge in [0.25, 0.3) is 0 Å². The van der Waals surface area contributed by atoms with Crippen LogP contribution in [0.2, 0.25) is 0 Å². The number of fused-ring (bicyclic) bond motifs is 1. The molecule has 0 fully saturated rings. The number of imidazole rings is 1. The molecule has 0 amide bonds. The Morgan fingerprint density at radius 3 is 2.95 bits per heavy atom. The number of hydrogen-bond donors (Lipinski definition) is 1. The highest BCUT2D eigenvalue weighted by molar-refractivity contribution is 7.19. The molecule has 104 valence electrons. The van der Waals surface area contributed by atoms with E-state index in [0.717, 1.165) is 13.1 Å². The average Bonchev–Trinajstić information content (AvgIpc) is 3.08. The third-order valence-corrected chi connectivity index (χ3v) is 5.11. The van der Waals surface area contributed by atoms with Crippen molar-refractivity contribution in [3.8, 4) is 0 Å². The molecule has 4 heteroatoms. The van der Waals surface area contributed by atoms with Crippen molar-refractivity contribution in [1.29, 1.82) is 0 Å². The summed E-state index contributed by atoms with van der Waals surface area (Å²) in [6, 6.07) is 9.02. The molecule has 0 saturated heterocycles. The number of thiophene rings is 1. The Bertz CT molecular complexity index is 685. The summed E-state index contributed by atoms with van der Waals surface area (Å²) < 4.78 is 3.47. The van der Waals surface area contributed by atoms with Crippen LogP contribution in [0, 0.1) is 6.92 Å². The number of aromatic nitrogens is 2. The quantitative estimate of drug-likeness (QED) is 0.773. The molecule has 20 heavy (non-hydrogen) atoms. The topological polar surface area (TPSA) is 29.9 Å². The van der Waals surface area contributed by atoms with Crippen LogP contribution in [0.3, 0.4) is 0 Å². The fraction of sp³-hybridized carbons (Fsp3) is 0.312. The number of benzene rings is 1. The first kappa shape index (κ1) is 13.3. The normalized spacial score (nSPS) is 12.9. The number of rotatable bonds is 5. The van der Waals surface area contributed by atoms with Gasteiger partial charge in [-0.2, -0.15) is 0 Å². The number of nitrogens with one attached hydrogen (secondary N) is 1. The van der Waals surface area contributed by atoms with Crippen LogP contribution in [-0.2, 0) is 6.54 Å². The molecule has 2 heterocycles. The van der Waals surface area contributed by atoms with Crippen molar-refractivity contribution in [1.82, 2.24) is 14.9 Å². The lowest BCUT2D eigenvalue weighted by atomic mass is 10.1. The predicted octanol–water partition coefficient (Wildman–Crippen LogP) is 3.76. The molecule has 0 spiro atoms. The Morgan fingerprint density at radius 1 is 1.35 bits per heavy atom. The first-order valence-corrected chi connectivity index (χ1v) is 7.74. The molecule has 1 unspecified atom stereocenters. The largest absolute Gasteiger partial charge is 0.336 e. The summed E-state index contributed by atoms with van der Waals surface area (Å²) in [5.74, 6) is 0. The minimum absolute atomic E-state index is 0.385. The summed E-state index contributed by atoms with van der Waals surface area (Å²) in [5.41, 5.74) is 1.41. The maximum atomic E-state index is 4.06. The van der Waals surface area contributed by atoms with Gasteiger partial charge < -0.3 is 9.88 Å². The fourth-order valence-electron chi connectivity index (χ4n) is 2.53. The second-order valence-electron chi connectivity index (χ2n) is 5.06. The van der Waals surface area contributed by atoms with E-state index in [2.05, 4.69) is 53.0 Å².